The van der Waals surface area contributed by atoms with Crippen molar-refractivity contribution in [2.75, 3.05) is 0 Å². The van der Waals surface area contributed by atoms with E-state index in [0.29, 0.717) is 22.9 Å². The lowest BCUT2D eigenvalue weighted by Gasteiger charge is -2.07. The molecule has 0 bridgehead atoms. The lowest BCUT2D eigenvalue weighted by molar-refractivity contribution is -0.136. The van der Waals surface area contributed by atoms with Crippen molar-refractivity contribution in [3.05, 3.63) is 106 Å². The van der Waals surface area contributed by atoms with Crippen LogP contribution < -0.4 is 4.74 Å². The van der Waals surface area contributed by atoms with Gasteiger partial charge in [-0.05, 0) is 48.4 Å². The van der Waals surface area contributed by atoms with Crippen LogP contribution in [-0.4, -0.2) is 11.7 Å². The number of ether oxygens (including phenoxy) is 1. The summed E-state index contributed by atoms with van der Waals surface area (Å²) in [5.41, 5.74) is 4.85. The lowest BCUT2D eigenvalue weighted by atomic mass is 10.00. The maximum absolute atomic E-state index is 12.1. The highest BCUT2D eigenvalue weighted by molar-refractivity contribution is 6.31. The van der Waals surface area contributed by atoms with E-state index >= 15 is 0 Å². The molecule has 0 aliphatic carbocycles. The van der Waals surface area contributed by atoms with Crippen LogP contribution in [0.5, 0.6) is 5.75 Å². The van der Waals surface area contributed by atoms with Crippen molar-refractivity contribution in [2.45, 2.75) is 13.5 Å². The molecular formula is C24H18ClNO3. The fourth-order valence-electron chi connectivity index (χ4n) is 2.90. The Morgan fingerprint density at radius 1 is 0.966 bits per heavy atom. The van der Waals surface area contributed by atoms with Crippen LogP contribution >= 0.6 is 11.6 Å². The second kappa shape index (κ2) is 8.33. The molecule has 0 aromatic heterocycles. The van der Waals surface area contributed by atoms with Gasteiger partial charge >= 0.3 is 5.97 Å². The first-order valence-corrected chi connectivity index (χ1v) is 9.52. The molecule has 4 nitrogen and oxygen atoms in total. The summed E-state index contributed by atoms with van der Waals surface area (Å²) in [6.07, 6.45) is 1.77. The number of halogens is 1. The van der Waals surface area contributed by atoms with Gasteiger partial charge in [0.05, 0.1) is 5.57 Å². The summed E-state index contributed by atoms with van der Waals surface area (Å²) in [7, 11) is 0. The lowest BCUT2D eigenvalue weighted by Crippen LogP contribution is -2.06. The van der Waals surface area contributed by atoms with E-state index in [1.165, 1.54) is 0 Å². The van der Waals surface area contributed by atoms with E-state index in [0.717, 1.165) is 28.0 Å². The molecular weight excluding hydrogens is 386 g/mol. The molecule has 1 heterocycles. The maximum Gasteiger partial charge on any atom is 0.368 e. The van der Waals surface area contributed by atoms with Gasteiger partial charge in [-0.2, -0.15) is 0 Å². The van der Waals surface area contributed by atoms with Gasteiger partial charge < -0.3 is 9.57 Å². The highest BCUT2D eigenvalue weighted by Gasteiger charge is 2.26. The number of benzene rings is 3. The fourth-order valence-corrected chi connectivity index (χ4v) is 3.03. The number of carbonyl (C=O) groups is 1. The Hall–Kier alpha value is -3.37. The smallest absolute Gasteiger partial charge is 0.368 e. The molecule has 0 atom stereocenters. The summed E-state index contributed by atoms with van der Waals surface area (Å²) < 4.78 is 5.80. The van der Waals surface area contributed by atoms with Gasteiger partial charge in [0.1, 0.15) is 18.1 Å². The zero-order chi connectivity index (χ0) is 20.2. The molecule has 0 N–H and O–H groups in total. The van der Waals surface area contributed by atoms with E-state index in [1.54, 1.807) is 6.08 Å². The van der Waals surface area contributed by atoms with Gasteiger partial charge in [-0.1, -0.05) is 70.9 Å². The van der Waals surface area contributed by atoms with Crippen LogP contribution in [0.2, 0.25) is 5.02 Å². The highest BCUT2D eigenvalue weighted by Crippen LogP contribution is 2.23. The summed E-state index contributed by atoms with van der Waals surface area (Å²) in [6.45, 7) is 2.46. The molecule has 0 fully saturated rings. The quantitative estimate of drug-likeness (QED) is 0.413. The number of oxime groups is 1. The minimum Gasteiger partial charge on any atom is -0.489 e. The number of carbonyl (C=O) groups excluding carboxylic acids is 1. The van der Waals surface area contributed by atoms with Crippen molar-refractivity contribution in [3.8, 4) is 5.75 Å². The van der Waals surface area contributed by atoms with Crippen molar-refractivity contribution in [3.63, 3.8) is 0 Å². The molecule has 5 heteroatoms. The Kier molecular flexibility index (Phi) is 5.45. The first-order chi connectivity index (χ1) is 14.1. The number of hydrogen-bond acceptors (Lipinski definition) is 4. The Morgan fingerprint density at radius 3 is 2.34 bits per heavy atom. The summed E-state index contributed by atoms with van der Waals surface area (Å²) in [5.74, 6) is 0.284. The second-order valence-electron chi connectivity index (χ2n) is 6.73. The van der Waals surface area contributed by atoms with E-state index in [1.807, 2.05) is 79.7 Å². The zero-order valence-corrected chi connectivity index (χ0v) is 16.5. The topological polar surface area (TPSA) is 47.9 Å². The molecule has 0 spiro atoms. The Bertz CT molecular complexity index is 1080. The molecule has 3 aromatic rings. The average Bonchev–Trinajstić information content (AvgIpc) is 3.09. The van der Waals surface area contributed by atoms with Crippen LogP contribution in [0.15, 0.2) is 83.5 Å². The Labute approximate surface area is 174 Å². The minimum atomic E-state index is -0.455. The summed E-state index contributed by atoms with van der Waals surface area (Å²) in [6, 6.07) is 22.9. The highest BCUT2D eigenvalue weighted by atomic mass is 35.5. The number of hydrogen-bond donors (Lipinski definition) is 0. The van der Waals surface area contributed by atoms with Crippen molar-refractivity contribution in [2.24, 2.45) is 5.16 Å². The fraction of sp³-hybridized carbons (Fsp3) is 0.0833. The van der Waals surface area contributed by atoms with Crippen molar-refractivity contribution < 1.29 is 14.4 Å². The predicted molar refractivity (Wildman–Crippen MR) is 114 cm³/mol. The molecule has 1 aliphatic rings. The van der Waals surface area contributed by atoms with Gasteiger partial charge in [0.15, 0.2) is 0 Å². The first-order valence-electron chi connectivity index (χ1n) is 9.14. The zero-order valence-electron chi connectivity index (χ0n) is 15.8. The average molecular weight is 404 g/mol. The molecule has 144 valence electrons. The third kappa shape index (κ3) is 4.55. The Morgan fingerprint density at radius 2 is 1.66 bits per heavy atom. The SMILES string of the molecule is Cc1ccc(C2=NOC(=O)C2=Cc2ccc(OCc3ccc(Cl)cc3)cc2)cc1. The standard InChI is InChI=1S/C24H18ClNO3/c1-16-2-8-19(9-3-16)23-22(24(27)29-26-23)14-17-6-12-21(13-7-17)28-15-18-4-10-20(25)11-5-18/h2-14H,15H2,1H3. The van der Waals surface area contributed by atoms with Gasteiger partial charge in [0.25, 0.3) is 0 Å². The van der Waals surface area contributed by atoms with Crippen LogP contribution in [0.4, 0.5) is 0 Å². The molecule has 3 aromatic carbocycles. The minimum absolute atomic E-state index is 0.434. The third-order valence-electron chi connectivity index (χ3n) is 4.53. The second-order valence-corrected chi connectivity index (χ2v) is 7.16. The Balaban J connectivity index is 1.48. The van der Waals surface area contributed by atoms with Crippen LogP contribution in [-0.2, 0) is 16.2 Å². The van der Waals surface area contributed by atoms with Gasteiger partial charge in [-0.25, -0.2) is 4.79 Å². The van der Waals surface area contributed by atoms with Crippen LogP contribution in [0.3, 0.4) is 0 Å². The molecule has 0 saturated carbocycles. The first kappa shape index (κ1) is 19.0. The van der Waals surface area contributed by atoms with Crippen molar-refractivity contribution in [1.29, 1.82) is 0 Å². The molecule has 0 unspecified atom stereocenters. The third-order valence-corrected chi connectivity index (χ3v) is 4.78. The van der Waals surface area contributed by atoms with Gasteiger partial charge in [-0.15, -0.1) is 0 Å². The van der Waals surface area contributed by atoms with Crippen molar-refractivity contribution in [1.82, 2.24) is 0 Å². The number of aryl methyl sites for hydroxylation is 1. The normalized spacial score (nSPS) is 14.6. The molecule has 29 heavy (non-hydrogen) atoms. The van der Waals surface area contributed by atoms with Crippen LogP contribution in [0.1, 0.15) is 22.3 Å². The monoisotopic (exact) mass is 403 g/mol. The van der Waals surface area contributed by atoms with Crippen molar-refractivity contribution >= 4 is 29.4 Å². The van der Waals surface area contributed by atoms with E-state index in [4.69, 9.17) is 21.2 Å². The summed E-state index contributed by atoms with van der Waals surface area (Å²) >= 11 is 5.90. The number of rotatable bonds is 5. The van der Waals surface area contributed by atoms with E-state index in [-0.39, 0.29) is 0 Å². The van der Waals surface area contributed by atoms with E-state index < -0.39 is 5.97 Å². The maximum atomic E-state index is 12.1. The molecule has 4 rings (SSSR count). The van der Waals surface area contributed by atoms with E-state index in [9.17, 15) is 4.79 Å². The molecule has 0 saturated heterocycles. The van der Waals surface area contributed by atoms with E-state index in [2.05, 4.69) is 5.16 Å². The predicted octanol–water partition coefficient (Wildman–Crippen LogP) is 5.57. The molecule has 1 aliphatic heterocycles. The van der Waals surface area contributed by atoms with Crippen LogP contribution in [0.25, 0.3) is 6.08 Å². The summed E-state index contributed by atoms with van der Waals surface area (Å²) in [5, 5.41) is 4.64. The van der Waals surface area contributed by atoms with Gasteiger partial charge in [-0.3, -0.25) is 0 Å². The molecule has 0 radical (unpaired) electrons. The summed E-state index contributed by atoms with van der Waals surface area (Å²) in [4.78, 5) is 17.0. The van der Waals surface area contributed by atoms with Crippen LogP contribution in [0, 0.1) is 6.92 Å². The molecule has 0 amide bonds. The number of nitrogens with zero attached hydrogens (tertiary/aromatic N) is 1. The van der Waals surface area contributed by atoms with Gasteiger partial charge in [0.2, 0.25) is 0 Å². The van der Waals surface area contributed by atoms with Gasteiger partial charge in [0, 0.05) is 10.6 Å². The largest absolute Gasteiger partial charge is 0.489 e.